The first kappa shape index (κ1) is 19.3. The van der Waals surface area contributed by atoms with Gasteiger partial charge in [-0.2, -0.15) is 0 Å². The number of benzene rings is 1. The van der Waals surface area contributed by atoms with Gasteiger partial charge in [-0.1, -0.05) is 37.3 Å². The van der Waals surface area contributed by atoms with Crippen molar-refractivity contribution in [2.45, 2.75) is 51.5 Å². The summed E-state index contributed by atoms with van der Waals surface area (Å²) in [5.74, 6) is 1.93. The molecule has 3 heterocycles. The number of carbonyl (C=O) groups excluding carboxylic acids is 1. The number of aromatic nitrogens is 4. The first-order chi connectivity index (χ1) is 14.3. The summed E-state index contributed by atoms with van der Waals surface area (Å²) in [5, 5.41) is 0. The van der Waals surface area contributed by atoms with Gasteiger partial charge in [-0.05, 0) is 31.2 Å². The van der Waals surface area contributed by atoms with Crippen LogP contribution in [0, 0.1) is 0 Å². The fourth-order valence-electron chi connectivity index (χ4n) is 4.06. The molecule has 1 aromatic carbocycles. The highest BCUT2D eigenvalue weighted by Gasteiger charge is 2.31. The molecule has 2 aromatic heterocycles. The number of likely N-dealkylation sites (tertiary alicyclic amines) is 1. The molecule has 4 rings (SSSR count). The summed E-state index contributed by atoms with van der Waals surface area (Å²) in [4.78, 5) is 28.5. The molecule has 0 spiro atoms. The van der Waals surface area contributed by atoms with Gasteiger partial charge in [0, 0.05) is 31.8 Å². The largest absolute Gasteiger partial charge is 0.334 e. The number of imidazole rings is 1. The van der Waals surface area contributed by atoms with Crippen LogP contribution < -0.4 is 0 Å². The van der Waals surface area contributed by atoms with Crippen molar-refractivity contribution >= 4 is 5.91 Å². The van der Waals surface area contributed by atoms with Crippen LogP contribution in [0.2, 0.25) is 0 Å². The average molecular weight is 390 g/mol. The van der Waals surface area contributed by atoms with E-state index in [4.69, 9.17) is 4.98 Å². The number of nitrogens with zero attached hydrogens (tertiary/aromatic N) is 5. The van der Waals surface area contributed by atoms with Crippen molar-refractivity contribution in [1.29, 1.82) is 0 Å². The van der Waals surface area contributed by atoms with E-state index in [1.165, 1.54) is 5.56 Å². The van der Waals surface area contributed by atoms with Gasteiger partial charge in [0.15, 0.2) is 5.82 Å². The second-order valence-electron chi connectivity index (χ2n) is 7.45. The molecule has 0 radical (unpaired) electrons. The van der Waals surface area contributed by atoms with Crippen LogP contribution in [0.15, 0.2) is 55.1 Å². The standard InChI is InChI=1S/C23H27N5O/c1-2-21-25-13-15-28(21)22-17-24-16-19(26-22)20-11-7-14-27(20)23(29)12-6-10-18-8-4-3-5-9-18/h3-5,8-9,13,15-17,20H,2,6-7,10-12,14H2,1H3/t20-/m0/s1. The van der Waals surface area contributed by atoms with E-state index >= 15 is 0 Å². The highest BCUT2D eigenvalue weighted by molar-refractivity contribution is 5.77. The van der Waals surface area contributed by atoms with Crippen LogP contribution in [0.3, 0.4) is 0 Å². The van der Waals surface area contributed by atoms with Crippen LogP contribution >= 0.6 is 0 Å². The lowest BCUT2D eigenvalue weighted by molar-refractivity contribution is -0.132. The third-order valence-corrected chi connectivity index (χ3v) is 5.53. The van der Waals surface area contributed by atoms with Gasteiger partial charge in [0.2, 0.25) is 5.91 Å². The van der Waals surface area contributed by atoms with Gasteiger partial charge < -0.3 is 4.90 Å². The number of hydrogen-bond acceptors (Lipinski definition) is 4. The van der Waals surface area contributed by atoms with Crippen LogP contribution in [0.5, 0.6) is 0 Å². The minimum Gasteiger partial charge on any atom is -0.334 e. The molecule has 1 atom stereocenters. The lowest BCUT2D eigenvalue weighted by Gasteiger charge is -2.24. The van der Waals surface area contributed by atoms with Gasteiger partial charge in [-0.3, -0.25) is 14.3 Å². The summed E-state index contributed by atoms with van der Waals surface area (Å²) < 4.78 is 1.97. The van der Waals surface area contributed by atoms with Gasteiger partial charge in [0.1, 0.15) is 5.82 Å². The van der Waals surface area contributed by atoms with Crippen molar-refractivity contribution in [1.82, 2.24) is 24.4 Å². The van der Waals surface area contributed by atoms with Crippen molar-refractivity contribution in [2.24, 2.45) is 0 Å². The predicted octanol–water partition coefficient (Wildman–Crippen LogP) is 3.91. The second-order valence-corrected chi connectivity index (χ2v) is 7.45. The summed E-state index contributed by atoms with van der Waals surface area (Å²) in [6, 6.07) is 10.4. The van der Waals surface area contributed by atoms with Crippen LogP contribution in [0.25, 0.3) is 5.82 Å². The van der Waals surface area contributed by atoms with E-state index in [-0.39, 0.29) is 11.9 Å². The topological polar surface area (TPSA) is 63.9 Å². The minimum atomic E-state index is 0.0141. The Morgan fingerprint density at radius 2 is 2.07 bits per heavy atom. The number of amides is 1. The number of rotatable bonds is 7. The van der Waals surface area contributed by atoms with Crippen LogP contribution in [-0.2, 0) is 17.6 Å². The predicted molar refractivity (Wildman–Crippen MR) is 112 cm³/mol. The summed E-state index contributed by atoms with van der Waals surface area (Å²) >= 11 is 0. The number of carbonyl (C=O) groups is 1. The zero-order valence-electron chi connectivity index (χ0n) is 16.9. The molecule has 1 aliphatic heterocycles. The molecule has 0 aliphatic carbocycles. The molecule has 0 bridgehead atoms. The molecule has 0 unspecified atom stereocenters. The third-order valence-electron chi connectivity index (χ3n) is 5.53. The highest BCUT2D eigenvalue weighted by Crippen LogP contribution is 2.31. The molecule has 1 fully saturated rings. The van der Waals surface area contributed by atoms with Crippen LogP contribution in [-0.4, -0.2) is 36.9 Å². The number of aryl methyl sites for hydroxylation is 2. The minimum absolute atomic E-state index is 0.0141. The van der Waals surface area contributed by atoms with Gasteiger partial charge in [-0.15, -0.1) is 0 Å². The van der Waals surface area contributed by atoms with Crippen molar-refractivity contribution in [3.8, 4) is 5.82 Å². The third kappa shape index (κ3) is 4.36. The zero-order valence-corrected chi connectivity index (χ0v) is 16.9. The molecular formula is C23H27N5O. The van der Waals surface area contributed by atoms with E-state index in [2.05, 4.69) is 29.0 Å². The van der Waals surface area contributed by atoms with Gasteiger partial charge >= 0.3 is 0 Å². The Hall–Kier alpha value is -3.02. The molecule has 1 aliphatic rings. The van der Waals surface area contributed by atoms with Gasteiger partial charge in [0.25, 0.3) is 0 Å². The maximum Gasteiger partial charge on any atom is 0.223 e. The highest BCUT2D eigenvalue weighted by atomic mass is 16.2. The molecule has 0 saturated carbocycles. The quantitative estimate of drug-likeness (QED) is 0.615. The lowest BCUT2D eigenvalue weighted by atomic mass is 10.1. The second kappa shape index (κ2) is 8.99. The van der Waals surface area contributed by atoms with E-state index in [0.717, 1.165) is 56.0 Å². The maximum atomic E-state index is 12.9. The Morgan fingerprint density at radius 1 is 1.21 bits per heavy atom. The summed E-state index contributed by atoms with van der Waals surface area (Å²) in [6.07, 6.45) is 12.4. The summed E-state index contributed by atoms with van der Waals surface area (Å²) in [6.45, 7) is 2.87. The molecule has 0 N–H and O–H groups in total. The first-order valence-corrected chi connectivity index (χ1v) is 10.4. The molecule has 29 heavy (non-hydrogen) atoms. The van der Waals surface area contributed by atoms with E-state index in [0.29, 0.717) is 6.42 Å². The van der Waals surface area contributed by atoms with E-state index in [9.17, 15) is 4.79 Å². The van der Waals surface area contributed by atoms with E-state index in [1.807, 2.05) is 33.9 Å². The fraction of sp³-hybridized carbons (Fsp3) is 0.391. The SMILES string of the molecule is CCc1nccn1-c1cncc([C@@H]2CCCN2C(=O)CCCc2ccccc2)n1. The van der Waals surface area contributed by atoms with Crippen LogP contribution in [0.4, 0.5) is 0 Å². The Kier molecular flexibility index (Phi) is 5.98. The molecule has 6 heteroatoms. The van der Waals surface area contributed by atoms with Crippen LogP contribution in [0.1, 0.15) is 55.7 Å². The molecule has 1 saturated heterocycles. The smallest absolute Gasteiger partial charge is 0.223 e. The number of hydrogen-bond donors (Lipinski definition) is 0. The monoisotopic (exact) mass is 389 g/mol. The molecule has 150 valence electrons. The summed E-state index contributed by atoms with van der Waals surface area (Å²) in [5.41, 5.74) is 2.15. The maximum absolute atomic E-state index is 12.9. The Balaban J connectivity index is 1.44. The molecular weight excluding hydrogens is 362 g/mol. The van der Waals surface area contributed by atoms with E-state index in [1.54, 1.807) is 18.6 Å². The Morgan fingerprint density at radius 3 is 2.90 bits per heavy atom. The fourth-order valence-corrected chi connectivity index (χ4v) is 4.06. The van der Waals surface area contributed by atoms with Gasteiger partial charge in [0.05, 0.1) is 24.1 Å². The van der Waals surface area contributed by atoms with E-state index < -0.39 is 0 Å². The van der Waals surface area contributed by atoms with Crippen molar-refractivity contribution in [3.05, 3.63) is 72.2 Å². The van der Waals surface area contributed by atoms with Crippen molar-refractivity contribution < 1.29 is 4.79 Å². The average Bonchev–Trinajstić information content (AvgIpc) is 3.44. The molecule has 3 aromatic rings. The van der Waals surface area contributed by atoms with Crippen molar-refractivity contribution in [2.75, 3.05) is 6.54 Å². The summed E-state index contributed by atoms with van der Waals surface area (Å²) in [7, 11) is 0. The van der Waals surface area contributed by atoms with Gasteiger partial charge in [-0.25, -0.2) is 9.97 Å². The Bertz CT molecular complexity index is 953. The normalized spacial score (nSPS) is 16.3. The Labute approximate surface area is 171 Å². The zero-order chi connectivity index (χ0) is 20.1. The lowest BCUT2D eigenvalue weighted by Crippen LogP contribution is -2.31. The molecule has 6 nitrogen and oxygen atoms in total. The first-order valence-electron chi connectivity index (χ1n) is 10.4. The molecule has 1 amide bonds. The van der Waals surface area contributed by atoms with Crippen molar-refractivity contribution in [3.63, 3.8) is 0 Å².